The fourth-order valence-electron chi connectivity index (χ4n) is 3.18. The lowest BCUT2D eigenvalue weighted by molar-refractivity contribution is -0.137. The molecular formula is C14H24N2O. The zero-order chi connectivity index (χ0) is 12.3. The zero-order valence-electron chi connectivity index (χ0n) is 10.8. The van der Waals surface area contributed by atoms with Gasteiger partial charge in [-0.3, -0.25) is 4.79 Å². The molecule has 2 unspecified atom stereocenters. The minimum atomic E-state index is 0.176. The summed E-state index contributed by atoms with van der Waals surface area (Å²) < 4.78 is 0. The quantitative estimate of drug-likeness (QED) is 0.757. The predicted octanol–water partition coefficient (Wildman–Crippen LogP) is 1.94. The molecule has 2 aliphatic rings. The Morgan fingerprint density at radius 3 is 2.65 bits per heavy atom. The first kappa shape index (κ1) is 12.6. The maximum Gasteiger partial charge on any atom is 0.227 e. The van der Waals surface area contributed by atoms with E-state index < -0.39 is 0 Å². The van der Waals surface area contributed by atoms with Gasteiger partial charge in [-0.15, -0.1) is 6.58 Å². The van der Waals surface area contributed by atoms with Gasteiger partial charge in [-0.05, 0) is 32.7 Å². The van der Waals surface area contributed by atoms with E-state index in [2.05, 4.69) is 23.7 Å². The van der Waals surface area contributed by atoms with Crippen molar-refractivity contribution >= 4 is 5.91 Å². The molecule has 1 saturated carbocycles. The van der Waals surface area contributed by atoms with Crippen LogP contribution in [-0.2, 0) is 4.79 Å². The zero-order valence-corrected chi connectivity index (χ0v) is 10.8. The summed E-state index contributed by atoms with van der Waals surface area (Å²) in [5.74, 6) is 0.518. The van der Waals surface area contributed by atoms with Crippen LogP contribution in [0.15, 0.2) is 12.7 Å². The fourth-order valence-corrected chi connectivity index (χ4v) is 3.18. The Hall–Kier alpha value is -0.830. The van der Waals surface area contributed by atoms with Crippen molar-refractivity contribution in [2.45, 2.75) is 51.1 Å². The van der Waals surface area contributed by atoms with Crippen LogP contribution in [0.5, 0.6) is 0 Å². The van der Waals surface area contributed by atoms with Crippen molar-refractivity contribution in [3.8, 4) is 0 Å². The Kier molecular flexibility index (Phi) is 4.21. The van der Waals surface area contributed by atoms with E-state index >= 15 is 0 Å². The van der Waals surface area contributed by atoms with E-state index in [1.165, 1.54) is 25.7 Å². The average molecular weight is 236 g/mol. The van der Waals surface area contributed by atoms with Crippen LogP contribution in [0.4, 0.5) is 0 Å². The van der Waals surface area contributed by atoms with Crippen LogP contribution in [0, 0.1) is 5.92 Å². The van der Waals surface area contributed by atoms with Crippen molar-refractivity contribution in [3.05, 3.63) is 12.7 Å². The van der Waals surface area contributed by atoms with Gasteiger partial charge in [0.05, 0.1) is 5.92 Å². The first-order chi connectivity index (χ1) is 8.24. The monoisotopic (exact) mass is 236 g/mol. The van der Waals surface area contributed by atoms with E-state index in [9.17, 15) is 4.79 Å². The van der Waals surface area contributed by atoms with Crippen LogP contribution in [0.3, 0.4) is 0 Å². The van der Waals surface area contributed by atoms with Gasteiger partial charge in [-0.2, -0.15) is 0 Å². The van der Waals surface area contributed by atoms with Gasteiger partial charge >= 0.3 is 0 Å². The number of amides is 1. The Morgan fingerprint density at radius 2 is 2.12 bits per heavy atom. The van der Waals surface area contributed by atoms with Gasteiger partial charge in [0.2, 0.25) is 5.91 Å². The molecule has 2 fully saturated rings. The van der Waals surface area contributed by atoms with Gasteiger partial charge in [0.1, 0.15) is 0 Å². The largest absolute Gasteiger partial charge is 0.336 e. The molecule has 17 heavy (non-hydrogen) atoms. The molecule has 2 rings (SSSR count). The van der Waals surface area contributed by atoms with Crippen LogP contribution >= 0.6 is 0 Å². The molecule has 1 saturated heterocycles. The molecule has 1 N–H and O–H groups in total. The Balaban J connectivity index is 2.03. The van der Waals surface area contributed by atoms with E-state index in [0.717, 1.165) is 13.0 Å². The third-order valence-electron chi connectivity index (χ3n) is 4.22. The molecule has 0 spiro atoms. The highest BCUT2D eigenvalue weighted by Gasteiger charge is 2.35. The van der Waals surface area contributed by atoms with Crippen molar-refractivity contribution < 1.29 is 4.79 Å². The third-order valence-corrected chi connectivity index (χ3v) is 4.22. The molecule has 0 aromatic heterocycles. The summed E-state index contributed by atoms with van der Waals surface area (Å²) in [7, 11) is 0. The lowest BCUT2D eigenvalue weighted by atomic mass is 9.99. The van der Waals surface area contributed by atoms with Gasteiger partial charge < -0.3 is 10.2 Å². The maximum atomic E-state index is 12.6. The number of nitrogens with one attached hydrogen (secondary N) is 1. The second-order valence-corrected chi connectivity index (χ2v) is 5.36. The fraction of sp³-hybridized carbons (Fsp3) is 0.786. The van der Waals surface area contributed by atoms with Crippen LogP contribution < -0.4 is 5.32 Å². The molecule has 1 aliphatic heterocycles. The molecule has 3 heteroatoms. The first-order valence-corrected chi connectivity index (χ1v) is 6.88. The number of nitrogens with zero attached hydrogens (tertiary/aromatic N) is 1. The number of carbonyl (C=O) groups excluding carboxylic acids is 1. The molecule has 3 nitrogen and oxygen atoms in total. The van der Waals surface area contributed by atoms with Crippen LogP contribution in [-0.4, -0.2) is 36.0 Å². The normalized spacial score (nSPS) is 29.5. The molecule has 1 aliphatic carbocycles. The summed E-state index contributed by atoms with van der Waals surface area (Å²) in [6.07, 6.45) is 7.74. The molecule has 0 bridgehead atoms. The molecule has 0 aromatic rings. The van der Waals surface area contributed by atoms with Gasteiger partial charge in [-0.1, -0.05) is 18.9 Å². The highest BCUT2D eigenvalue weighted by Crippen LogP contribution is 2.27. The van der Waals surface area contributed by atoms with Crippen LogP contribution in [0.1, 0.15) is 39.0 Å². The first-order valence-electron chi connectivity index (χ1n) is 6.88. The average Bonchev–Trinajstić information content (AvgIpc) is 2.95. The van der Waals surface area contributed by atoms with Crippen molar-refractivity contribution in [2.24, 2.45) is 5.92 Å². The van der Waals surface area contributed by atoms with E-state index in [4.69, 9.17) is 0 Å². The van der Waals surface area contributed by atoms with E-state index in [1.807, 2.05) is 6.08 Å². The molecule has 96 valence electrons. The highest BCUT2D eigenvalue weighted by atomic mass is 16.2. The predicted molar refractivity (Wildman–Crippen MR) is 69.7 cm³/mol. The van der Waals surface area contributed by atoms with Crippen LogP contribution in [0.25, 0.3) is 0 Å². The summed E-state index contributed by atoms with van der Waals surface area (Å²) in [5.41, 5.74) is 0. The van der Waals surface area contributed by atoms with Gasteiger partial charge in [0, 0.05) is 18.6 Å². The number of rotatable bonds is 4. The Labute approximate surface area is 104 Å². The minimum absolute atomic E-state index is 0.176. The Morgan fingerprint density at radius 1 is 1.41 bits per heavy atom. The van der Waals surface area contributed by atoms with Crippen molar-refractivity contribution in [1.29, 1.82) is 0 Å². The highest BCUT2D eigenvalue weighted by molar-refractivity contribution is 5.80. The van der Waals surface area contributed by atoms with Crippen molar-refractivity contribution in [3.63, 3.8) is 0 Å². The second-order valence-electron chi connectivity index (χ2n) is 5.36. The standard InChI is InChI=1S/C14H24N2O/c1-3-10-16(12-6-4-5-7-12)14(17)13-8-9-15-11(13)2/h3,11-13,15H,1,4-10H2,2H3. The smallest absolute Gasteiger partial charge is 0.227 e. The van der Waals surface area contributed by atoms with Crippen molar-refractivity contribution in [1.82, 2.24) is 10.2 Å². The van der Waals surface area contributed by atoms with E-state index in [0.29, 0.717) is 24.5 Å². The number of hydrogen-bond donors (Lipinski definition) is 1. The van der Waals surface area contributed by atoms with E-state index in [-0.39, 0.29) is 5.92 Å². The third kappa shape index (κ3) is 2.71. The molecule has 1 amide bonds. The maximum absolute atomic E-state index is 12.6. The van der Waals surface area contributed by atoms with Gasteiger partial charge in [-0.25, -0.2) is 0 Å². The van der Waals surface area contributed by atoms with E-state index in [1.54, 1.807) is 0 Å². The SMILES string of the molecule is C=CCN(C(=O)C1CCNC1C)C1CCCC1. The summed E-state index contributed by atoms with van der Waals surface area (Å²) >= 11 is 0. The molecule has 0 radical (unpaired) electrons. The lowest BCUT2D eigenvalue weighted by Gasteiger charge is -2.31. The second kappa shape index (κ2) is 5.67. The summed E-state index contributed by atoms with van der Waals surface area (Å²) in [4.78, 5) is 14.6. The summed E-state index contributed by atoms with van der Waals surface area (Å²) in [6.45, 7) is 7.60. The van der Waals surface area contributed by atoms with Crippen LogP contribution in [0.2, 0.25) is 0 Å². The molecule has 0 aromatic carbocycles. The summed E-state index contributed by atoms with van der Waals surface area (Å²) in [6, 6.07) is 0.796. The number of carbonyl (C=O) groups is 1. The topological polar surface area (TPSA) is 32.3 Å². The minimum Gasteiger partial charge on any atom is -0.336 e. The molecule has 1 heterocycles. The number of hydrogen-bond acceptors (Lipinski definition) is 2. The van der Waals surface area contributed by atoms with Crippen molar-refractivity contribution in [2.75, 3.05) is 13.1 Å². The Bertz CT molecular complexity index is 284. The molecule has 2 atom stereocenters. The molecular weight excluding hydrogens is 212 g/mol. The van der Waals surface area contributed by atoms with Gasteiger partial charge in [0.15, 0.2) is 0 Å². The summed E-state index contributed by atoms with van der Waals surface area (Å²) in [5, 5.41) is 3.36. The van der Waals surface area contributed by atoms with Gasteiger partial charge in [0.25, 0.3) is 0 Å². The lowest BCUT2D eigenvalue weighted by Crippen LogP contribution is -2.45.